The van der Waals surface area contributed by atoms with E-state index in [4.69, 9.17) is 0 Å². The molecule has 1 aromatic heterocycles. The molecule has 1 aromatic rings. The molecule has 0 bridgehead atoms. The first-order valence-electron chi connectivity index (χ1n) is 4.03. The van der Waals surface area contributed by atoms with E-state index in [1.165, 1.54) is 12.3 Å². The molecule has 1 saturated heterocycles. The summed E-state index contributed by atoms with van der Waals surface area (Å²) in [5, 5.41) is 0. The molecule has 0 saturated carbocycles. The van der Waals surface area contributed by atoms with Crippen LogP contribution in [0.15, 0.2) is 22.7 Å². The lowest BCUT2D eigenvalue weighted by Crippen LogP contribution is -2.23. The predicted octanol–water partition coefficient (Wildman–Crippen LogP) is 1.72. The molecule has 0 aromatic carbocycles. The second-order valence-corrected chi connectivity index (χ2v) is 5.48. The van der Waals surface area contributed by atoms with Crippen molar-refractivity contribution in [3.63, 3.8) is 0 Å². The van der Waals surface area contributed by atoms with Crippen LogP contribution in [-0.4, -0.2) is 20.7 Å². The van der Waals surface area contributed by atoms with Crippen molar-refractivity contribution in [2.24, 2.45) is 4.36 Å². The third kappa shape index (κ3) is 1.70. The highest BCUT2D eigenvalue weighted by Gasteiger charge is 2.19. The topological polar surface area (TPSA) is 42.3 Å². The summed E-state index contributed by atoms with van der Waals surface area (Å²) in [5.74, 6) is 0.528. The first-order valence-corrected chi connectivity index (χ1v) is 5.88. The van der Waals surface area contributed by atoms with E-state index in [0.29, 0.717) is 11.5 Å². The molecule has 0 aliphatic carbocycles. The van der Waals surface area contributed by atoms with E-state index in [1.807, 2.05) is 0 Å². The average molecular weight is 200 g/mol. The zero-order valence-corrected chi connectivity index (χ0v) is 7.76. The van der Waals surface area contributed by atoms with Crippen molar-refractivity contribution in [1.82, 2.24) is 4.98 Å². The Kier molecular flexibility index (Phi) is 2.03. The fraction of sp³-hybridized carbons (Fsp3) is 0.375. The molecule has 70 valence electrons. The first kappa shape index (κ1) is 8.62. The minimum absolute atomic E-state index is 0.118. The molecule has 0 spiro atoms. The quantitative estimate of drug-likeness (QED) is 0.648. The summed E-state index contributed by atoms with van der Waals surface area (Å²) in [5.41, 5.74) is 0.118. The van der Waals surface area contributed by atoms with Gasteiger partial charge in [-0.1, -0.05) is 0 Å². The Balaban J connectivity index is 2.43. The average Bonchev–Trinajstić information content (AvgIpc) is 2.06. The Morgan fingerprint density at radius 1 is 1.54 bits per heavy atom. The van der Waals surface area contributed by atoms with Gasteiger partial charge in [-0.2, -0.15) is 8.75 Å². The van der Waals surface area contributed by atoms with Crippen molar-refractivity contribution >= 4 is 15.4 Å². The van der Waals surface area contributed by atoms with Crippen LogP contribution >= 0.6 is 0 Å². The van der Waals surface area contributed by atoms with Gasteiger partial charge in [0.05, 0.1) is 9.73 Å². The Morgan fingerprint density at radius 2 is 2.31 bits per heavy atom. The SMILES string of the molecule is O=S1(=Nc2cccnc2F)CCC1. The molecular weight excluding hydrogens is 191 g/mol. The van der Waals surface area contributed by atoms with Crippen LogP contribution in [0.3, 0.4) is 0 Å². The van der Waals surface area contributed by atoms with Crippen LogP contribution in [0.4, 0.5) is 10.1 Å². The van der Waals surface area contributed by atoms with Gasteiger partial charge in [0, 0.05) is 17.7 Å². The summed E-state index contributed by atoms with van der Waals surface area (Å²) in [6, 6.07) is 3.08. The Hall–Kier alpha value is -0.970. The molecular formula is C8H9FN2OS. The maximum atomic E-state index is 12.9. The monoisotopic (exact) mass is 200 g/mol. The third-order valence-corrected chi connectivity index (χ3v) is 4.31. The maximum Gasteiger partial charge on any atom is 0.239 e. The normalized spacial score (nSPS) is 19.2. The van der Waals surface area contributed by atoms with Gasteiger partial charge in [0.2, 0.25) is 5.95 Å². The fourth-order valence-corrected chi connectivity index (χ4v) is 2.57. The molecule has 0 unspecified atom stereocenters. The van der Waals surface area contributed by atoms with Crippen LogP contribution in [0.5, 0.6) is 0 Å². The van der Waals surface area contributed by atoms with E-state index in [1.54, 1.807) is 6.07 Å². The van der Waals surface area contributed by atoms with E-state index in [9.17, 15) is 8.60 Å². The molecule has 0 atom stereocenters. The minimum Gasteiger partial charge on any atom is -0.249 e. The summed E-state index contributed by atoms with van der Waals surface area (Å²) in [4.78, 5) is 3.44. The Bertz CT molecular complexity index is 428. The van der Waals surface area contributed by atoms with Gasteiger partial charge in [0.15, 0.2) is 0 Å². The van der Waals surface area contributed by atoms with Gasteiger partial charge in [-0.15, -0.1) is 0 Å². The highest BCUT2D eigenvalue weighted by atomic mass is 32.2. The van der Waals surface area contributed by atoms with Crippen LogP contribution in [0.2, 0.25) is 0 Å². The molecule has 1 aliphatic heterocycles. The van der Waals surface area contributed by atoms with Crippen LogP contribution in [0.1, 0.15) is 6.42 Å². The van der Waals surface area contributed by atoms with Gasteiger partial charge in [-0.3, -0.25) is 0 Å². The molecule has 2 heterocycles. The maximum absolute atomic E-state index is 12.9. The zero-order chi connectivity index (χ0) is 9.31. The van der Waals surface area contributed by atoms with E-state index in [0.717, 1.165) is 6.42 Å². The van der Waals surface area contributed by atoms with E-state index < -0.39 is 15.7 Å². The molecule has 0 amide bonds. The van der Waals surface area contributed by atoms with Crippen LogP contribution < -0.4 is 0 Å². The van der Waals surface area contributed by atoms with Crippen LogP contribution in [-0.2, 0) is 9.73 Å². The van der Waals surface area contributed by atoms with Crippen LogP contribution in [0.25, 0.3) is 0 Å². The van der Waals surface area contributed by atoms with Crippen LogP contribution in [0, 0.1) is 5.95 Å². The fourth-order valence-electron chi connectivity index (χ4n) is 1.11. The van der Waals surface area contributed by atoms with Crippen molar-refractivity contribution in [2.75, 3.05) is 11.5 Å². The highest BCUT2D eigenvalue weighted by molar-refractivity contribution is 7.95. The standard InChI is InChI=1S/C8H9FN2OS/c9-8-7(3-1-4-10-8)11-13(12)5-2-6-13/h1,3-4H,2,5-6H2. The second kappa shape index (κ2) is 3.06. The number of hydrogen-bond donors (Lipinski definition) is 0. The smallest absolute Gasteiger partial charge is 0.239 e. The van der Waals surface area contributed by atoms with Crippen molar-refractivity contribution in [3.05, 3.63) is 24.3 Å². The molecule has 13 heavy (non-hydrogen) atoms. The lowest BCUT2D eigenvalue weighted by Gasteiger charge is -2.17. The van der Waals surface area contributed by atoms with Crippen molar-refractivity contribution in [1.29, 1.82) is 0 Å². The molecule has 2 rings (SSSR count). The molecule has 0 N–H and O–H groups in total. The summed E-state index contributed by atoms with van der Waals surface area (Å²) in [6.45, 7) is 0. The first-order chi connectivity index (χ1) is 6.20. The number of nitrogens with zero attached hydrogens (tertiary/aromatic N) is 2. The lowest BCUT2D eigenvalue weighted by atomic mass is 10.4. The second-order valence-electron chi connectivity index (χ2n) is 2.94. The van der Waals surface area contributed by atoms with E-state index in [2.05, 4.69) is 9.35 Å². The number of aromatic nitrogens is 1. The third-order valence-electron chi connectivity index (χ3n) is 1.93. The highest BCUT2D eigenvalue weighted by Crippen LogP contribution is 2.22. The zero-order valence-electron chi connectivity index (χ0n) is 6.94. The van der Waals surface area contributed by atoms with Gasteiger partial charge in [-0.05, 0) is 18.6 Å². The van der Waals surface area contributed by atoms with E-state index >= 15 is 0 Å². The summed E-state index contributed by atoms with van der Waals surface area (Å²) >= 11 is 0. The minimum atomic E-state index is -2.12. The van der Waals surface area contributed by atoms with Gasteiger partial charge in [0.25, 0.3) is 0 Å². The molecule has 1 aliphatic rings. The Labute approximate surface area is 76.2 Å². The summed E-state index contributed by atoms with van der Waals surface area (Å²) in [7, 11) is -2.12. The van der Waals surface area contributed by atoms with Crippen molar-refractivity contribution in [2.45, 2.75) is 6.42 Å². The predicted molar refractivity (Wildman–Crippen MR) is 48.8 cm³/mol. The largest absolute Gasteiger partial charge is 0.249 e. The van der Waals surface area contributed by atoms with Gasteiger partial charge in [0.1, 0.15) is 5.69 Å². The van der Waals surface area contributed by atoms with Crippen molar-refractivity contribution in [3.8, 4) is 0 Å². The number of pyridine rings is 1. The summed E-state index contributed by atoms with van der Waals surface area (Å²) in [6.07, 6.45) is 2.27. The molecule has 0 radical (unpaired) electrons. The Morgan fingerprint density at radius 3 is 2.85 bits per heavy atom. The number of rotatable bonds is 1. The molecule has 5 heteroatoms. The molecule has 1 fully saturated rings. The van der Waals surface area contributed by atoms with Crippen molar-refractivity contribution < 1.29 is 8.60 Å². The van der Waals surface area contributed by atoms with Gasteiger partial charge >= 0.3 is 0 Å². The van der Waals surface area contributed by atoms with Gasteiger partial charge < -0.3 is 0 Å². The molecule has 3 nitrogen and oxygen atoms in total. The number of halogens is 1. The summed E-state index contributed by atoms with van der Waals surface area (Å²) < 4.78 is 28.4. The van der Waals surface area contributed by atoms with E-state index in [-0.39, 0.29) is 5.69 Å². The lowest BCUT2D eigenvalue weighted by molar-refractivity contribution is 0.586. The van der Waals surface area contributed by atoms with Gasteiger partial charge in [-0.25, -0.2) is 9.19 Å². The number of hydrogen-bond acceptors (Lipinski definition) is 3.